The Bertz CT molecular complexity index is 983. The summed E-state index contributed by atoms with van der Waals surface area (Å²) in [5.74, 6) is 0.112. The third kappa shape index (κ3) is 3.38. The van der Waals surface area contributed by atoms with E-state index in [0.29, 0.717) is 11.4 Å². The zero-order valence-corrected chi connectivity index (χ0v) is 15.8. The van der Waals surface area contributed by atoms with Crippen LogP contribution in [0, 0.1) is 0 Å². The number of rotatable bonds is 4. The number of thiazole rings is 1. The number of benzene rings is 2. The summed E-state index contributed by atoms with van der Waals surface area (Å²) in [5, 5.41) is 3.65. The highest BCUT2D eigenvalue weighted by Crippen LogP contribution is 2.31. The predicted molar refractivity (Wildman–Crippen MR) is 105 cm³/mol. The van der Waals surface area contributed by atoms with E-state index in [2.05, 4.69) is 10.3 Å². The molecule has 27 heavy (non-hydrogen) atoms. The first kappa shape index (κ1) is 17.5. The Hall–Kier alpha value is -2.93. The van der Waals surface area contributed by atoms with Crippen LogP contribution in [0.2, 0.25) is 0 Å². The molecule has 0 aliphatic carbocycles. The quantitative estimate of drug-likeness (QED) is 0.749. The topological polar surface area (TPSA) is 71.5 Å². The Balaban J connectivity index is 1.46. The van der Waals surface area contributed by atoms with Gasteiger partial charge in [0.2, 0.25) is 5.91 Å². The lowest BCUT2D eigenvalue weighted by Gasteiger charge is -2.28. The summed E-state index contributed by atoms with van der Waals surface area (Å²) in [6, 6.07) is 14.9. The number of aromatic nitrogens is 1. The molecule has 2 atom stereocenters. The van der Waals surface area contributed by atoms with Crippen LogP contribution in [-0.2, 0) is 9.59 Å². The number of carbonyl (C=O) groups is 2. The van der Waals surface area contributed by atoms with Crippen LogP contribution >= 0.6 is 11.3 Å². The van der Waals surface area contributed by atoms with E-state index in [0.717, 1.165) is 15.2 Å². The fourth-order valence-electron chi connectivity index (χ4n) is 2.98. The number of hydrogen-bond acceptors (Lipinski definition) is 5. The van der Waals surface area contributed by atoms with E-state index in [1.807, 2.05) is 43.3 Å². The summed E-state index contributed by atoms with van der Waals surface area (Å²) in [6.45, 7) is 1.94. The normalized spacial score (nSPS) is 17.0. The second-order valence-electron chi connectivity index (χ2n) is 6.50. The fraction of sp³-hybridized carbons (Fsp3) is 0.250. The minimum Gasteiger partial charge on any atom is -0.478 e. The molecule has 6 nitrogen and oxygen atoms in total. The molecule has 2 heterocycles. The first-order chi connectivity index (χ1) is 13.0. The molecule has 0 unspecified atom stereocenters. The molecule has 3 aromatic rings. The van der Waals surface area contributed by atoms with E-state index in [1.54, 1.807) is 35.4 Å². The van der Waals surface area contributed by atoms with Crippen molar-refractivity contribution in [2.45, 2.75) is 25.5 Å². The molecule has 2 amide bonds. The molecule has 0 spiro atoms. The summed E-state index contributed by atoms with van der Waals surface area (Å²) in [4.78, 5) is 31.2. The minimum atomic E-state index is -0.836. The Morgan fingerprint density at radius 3 is 2.81 bits per heavy atom. The van der Waals surface area contributed by atoms with E-state index in [1.165, 1.54) is 0 Å². The van der Waals surface area contributed by atoms with Crippen molar-refractivity contribution in [2.75, 3.05) is 12.4 Å². The number of nitrogens with zero attached hydrogens (tertiary/aromatic N) is 2. The van der Waals surface area contributed by atoms with E-state index in [9.17, 15) is 9.59 Å². The monoisotopic (exact) mass is 381 g/mol. The van der Waals surface area contributed by atoms with Crippen LogP contribution in [0.25, 0.3) is 10.2 Å². The molecule has 0 saturated heterocycles. The van der Waals surface area contributed by atoms with Gasteiger partial charge in [0.05, 0.1) is 28.4 Å². The largest absolute Gasteiger partial charge is 0.478 e. The van der Waals surface area contributed by atoms with Crippen LogP contribution in [0.5, 0.6) is 5.75 Å². The molecule has 1 aromatic heterocycles. The minimum absolute atomic E-state index is 0.0219. The number of nitrogens with one attached hydrogen (secondary N) is 1. The molecular formula is C20H19N3O3S. The van der Waals surface area contributed by atoms with Crippen molar-refractivity contribution in [1.29, 1.82) is 0 Å². The van der Waals surface area contributed by atoms with Gasteiger partial charge < -0.3 is 15.0 Å². The first-order valence-corrected chi connectivity index (χ1v) is 9.52. The molecule has 138 valence electrons. The number of fused-ring (bicyclic) bond motifs is 2. The lowest BCUT2D eigenvalue weighted by Crippen LogP contribution is -2.41. The predicted octanol–water partition coefficient (Wildman–Crippen LogP) is 3.61. The molecule has 0 saturated carbocycles. The van der Waals surface area contributed by atoms with Crippen molar-refractivity contribution < 1.29 is 14.3 Å². The molecule has 4 rings (SSSR count). The van der Waals surface area contributed by atoms with Crippen molar-refractivity contribution in [3.8, 4) is 5.75 Å². The number of amides is 2. The van der Waals surface area contributed by atoms with Crippen LogP contribution in [0.1, 0.15) is 24.4 Å². The fourth-order valence-corrected chi connectivity index (χ4v) is 4.04. The average molecular weight is 381 g/mol. The lowest BCUT2D eigenvalue weighted by molar-refractivity contribution is -0.137. The Labute approximate surface area is 160 Å². The third-order valence-corrected chi connectivity index (χ3v) is 5.92. The first-order valence-electron chi connectivity index (χ1n) is 8.70. The molecule has 0 bridgehead atoms. The molecule has 0 fully saturated rings. The SMILES string of the molecule is C[C@@H](c1nc2ccccc2s1)N(C)C(=O)C[C@@H]1Oc2ccccc2NC1=O. The molecular weight excluding hydrogens is 362 g/mol. The van der Waals surface area contributed by atoms with Crippen molar-refractivity contribution >= 4 is 39.1 Å². The summed E-state index contributed by atoms with van der Waals surface area (Å²) < 4.78 is 6.82. The molecule has 1 aliphatic rings. The summed E-state index contributed by atoms with van der Waals surface area (Å²) >= 11 is 1.57. The smallest absolute Gasteiger partial charge is 0.266 e. The van der Waals surface area contributed by atoms with Gasteiger partial charge in [-0.05, 0) is 31.2 Å². The van der Waals surface area contributed by atoms with Crippen LogP contribution in [-0.4, -0.2) is 34.8 Å². The standard InChI is InChI=1S/C20H19N3O3S/c1-12(20-22-14-8-4-6-10-17(14)27-20)23(2)18(24)11-16-19(25)21-13-7-3-5-9-15(13)26-16/h3-10,12,16H,11H2,1-2H3,(H,21,25)/t12-,16-/m0/s1. The Morgan fingerprint density at radius 1 is 1.26 bits per heavy atom. The van der Waals surface area contributed by atoms with E-state index in [-0.39, 0.29) is 24.3 Å². The zero-order chi connectivity index (χ0) is 19.0. The maximum Gasteiger partial charge on any atom is 0.266 e. The highest BCUT2D eigenvalue weighted by Gasteiger charge is 2.32. The van der Waals surface area contributed by atoms with Gasteiger partial charge in [-0.15, -0.1) is 11.3 Å². The summed E-state index contributed by atoms with van der Waals surface area (Å²) in [5.41, 5.74) is 1.55. The third-order valence-electron chi connectivity index (χ3n) is 4.71. The van der Waals surface area contributed by atoms with Gasteiger partial charge in [-0.3, -0.25) is 9.59 Å². The van der Waals surface area contributed by atoms with Gasteiger partial charge in [-0.1, -0.05) is 24.3 Å². The van der Waals surface area contributed by atoms with E-state index >= 15 is 0 Å². The van der Waals surface area contributed by atoms with E-state index in [4.69, 9.17) is 4.74 Å². The van der Waals surface area contributed by atoms with Gasteiger partial charge in [0, 0.05) is 7.05 Å². The molecule has 7 heteroatoms. The highest BCUT2D eigenvalue weighted by atomic mass is 32.1. The lowest BCUT2D eigenvalue weighted by atomic mass is 10.1. The van der Waals surface area contributed by atoms with Gasteiger partial charge in [0.25, 0.3) is 5.91 Å². The maximum absolute atomic E-state index is 12.7. The van der Waals surface area contributed by atoms with Gasteiger partial charge >= 0.3 is 0 Å². The maximum atomic E-state index is 12.7. The van der Waals surface area contributed by atoms with E-state index < -0.39 is 6.10 Å². The van der Waals surface area contributed by atoms with Crippen LogP contribution < -0.4 is 10.1 Å². The van der Waals surface area contributed by atoms with Crippen molar-refractivity contribution in [3.05, 3.63) is 53.5 Å². The van der Waals surface area contributed by atoms with Gasteiger partial charge in [0.1, 0.15) is 10.8 Å². The van der Waals surface area contributed by atoms with Gasteiger partial charge in [-0.2, -0.15) is 0 Å². The zero-order valence-electron chi connectivity index (χ0n) is 15.0. The number of anilines is 1. The van der Waals surface area contributed by atoms with Crippen LogP contribution in [0.3, 0.4) is 0 Å². The number of carbonyl (C=O) groups excluding carboxylic acids is 2. The molecule has 0 radical (unpaired) electrons. The van der Waals surface area contributed by atoms with Crippen molar-refractivity contribution in [2.24, 2.45) is 0 Å². The number of para-hydroxylation sites is 3. The summed E-state index contributed by atoms with van der Waals surface area (Å²) in [7, 11) is 1.73. The summed E-state index contributed by atoms with van der Waals surface area (Å²) in [6.07, 6.45) is -0.858. The highest BCUT2D eigenvalue weighted by molar-refractivity contribution is 7.18. The number of hydrogen-bond donors (Lipinski definition) is 1. The van der Waals surface area contributed by atoms with Crippen LogP contribution in [0.4, 0.5) is 5.69 Å². The van der Waals surface area contributed by atoms with Crippen LogP contribution in [0.15, 0.2) is 48.5 Å². The Morgan fingerprint density at radius 2 is 2.00 bits per heavy atom. The van der Waals surface area contributed by atoms with Crippen molar-refractivity contribution in [1.82, 2.24) is 9.88 Å². The van der Waals surface area contributed by atoms with Gasteiger partial charge in [-0.25, -0.2) is 4.98 Å². The molecule has 2 aromatic carbocycles. The van der Waals surface area contributed by atoms with Gasteiger partial charge in [0.15, 0.2) is 6.10 Å². The Kier molecular flexibility index (Phi) is 4.53. The van der Waals surface area contributed by atoms with Crippen molar-refractivity contribution in [3.63, 3.8) is 0 Å². The molecule has 1 N–H and O–H groups in total. The molecule has 1 aliphatic heterocycles. The second kappa shape index (κ2) is 7.00. The second-order valence-corrected chi connectivity index (χ2v) is 7.56. The average Bonchev–Trinajstić information content (AvgIpc) is 3.11. The number of ether oxygens (including phenoxy) is 1.